The number of carbonyl (C=O) groups is 1. The van der Waals surface area contributed by atoms with E-state index in [-0.39, 0.29) is 30.3 Å². The van der Waals surface area contributed by atoms with Crippen molar-refractivity contribution in [2.75, 3.05) is 24.6 Å². The minimum Gasteiger partial charge on any atom is -0.494 e. The number of hydrogen-bond donors (Lipinski definition) is 1. The summed E-state index contributed by atoms with van der Waals surface area (Å²) in [5.74, 6) is 0.378. The van der Waals surface area contributed by atoms with E-state index < -0.39 is 10.0 Å². The van der Waals surface area contributed by atoms with E-state index in [9.17, 15) is 13.2 Å². The summed E-state index contributed by atoms with van der Waals surface area (Å²) in [4.78, 5) is 14.6. The molecule has 0 unspecified atom stereocenters. The molecule has 28 heavy (non-hydrogen) atoms. The Hall–Kier alpha value is -2.89. The molecule has 0 saturated heterocycles. The zero-order chi connectivity index (χ0) is 20.6. The van der Waals surface area contributed by atoms with Crippen LogP contribution in [0.1, 0.15) is 30.6 Å². The molecule has 1 amide bonds. The topological polar surface area (TPSA) is 99.5 Å². The second kappa shape index (κ2) is 9.88. The lowest BCUT2D eigenvalue weighted by molar-refractivity contribution is 0.0987. The van der Waals surface area contributed by atoms with E-state index in [2.05, 4.69) is 4.72 Å². The average molecular weight is 401 g/mol. The fraction of sp³-hybridized carbons (Fsp3) is 0.300. The third-order valence-electron chi connectivity index (χ3n) is 3.90. The molecule has 0 bridgehead atoms. The number of benzene rings is 2. The monoisotopic (exact) mass is 401 g/mol. The molecule has 0 aliphatic rings. The van der Waals surface area contributed by atoms with Crippen LogP contribution < -0.4 is 14.4 Å². The van der Waals surface area contributed by atoms with Gasteiger partial charge in [0.25, 0.3) is 5.91 Å². The molecule has 0 saturated carbocycles. The second-order valence-electron chi connectivity index (χ2n) is 5.82. The number of carbonyl (C=O) groups excluding carboxylic acids is 1. The number of sulfonamides is 1. The van der Waals surface area contributed by atoms with Gasteiger partial charge in [0.05, 0.1) is 24.0 Å². The molecule has 0 radical (unpaired) electrons. The van der Waals surface area contributed by atoms with Crippen LogP contribution in [0.15, 0.2) is 53.4 Å². The number of rotatable bonds is 9. The van der Waals surface area contributed by atoms with Gasteiger partial charge in [0.15, 0.2) is 0 Å². The van der Waals surface area contributed by atoms with Crippen LogP contribution >= 0.6 is 0 Å². The molecule has 0 fully saturated rings. The maximum absolute atomic E-state index is 13.0. The van der Waals surface area contributed by atoms with Crippen molar-refractivity contribution in [1.29, 1.82) is 5.26 Å². The fourth-order valence-corrected chi connectivity index (χ4v) is 3.65. The Balaban J connectivity index is 2.28. The summed E-state index contributed by atoms with van der Waals surface area (Å²) in [6, 6.07) is 14.8. The first-order chi connectivity index (χ1) is 13.4. The molecule has 8 heteroatoms. The van der Waals surface area contributed by atoms with E-state index in [1.54, 1.807) is 31.2 Å². The van der Waals surface area contributed by atoms with Crippen molar-refractivity contribution < 1.29 is 17.9 Å². The van der Waals surface area contributed by atoms with E-state index in [1.165, 1.54) is 29.2 Å². The summed E-state index contributed by atoms with van der Waals surface area (Å²) in [7, 11) is -3.58. The Morgan fingerprint density at radius 2 is 1.75 bits per heavy atom. The number of anilines is 1. The van der Waals surface area contributed by atoms with Crippen LogP contribution in [-0.4, -0.2) is 34.0 Å². The first kappa shape index (κ1) is 21.4. The quantitative estimate of drug-likeness (QED) is 0.696. The highest BCUT2D eigenvalue weighted by atomic mass is 32.2. The van der Waals surface area contributed by atoms with Gasteiger partial charge in [-0.3, -0.25) is 4.79 Å². The summed E-state index contributed by atoms with van der Waals surface area (Å²) >= 11 is 0. The van der Waals surface area contributed by atoms with Gasteiger partial charge in [-0.25, -0.2) is 13.1 Å². The lowest BCUT2D eigenvalue weighted by atomic mass is 10.1. The Bertz CT molecular complexity index is 933. The number of ether oxygens (including phenoxy) is 1. The average Bonchev–Trinajstić information content (AvgIpc) is 2.69. The second-order valence-corrected chi connectivity index (χ2v) is 7.58. The minimum absolute atomic E-state index is 0.0931. The lowest BCUT2D eigenvalue weighted by Gasteiger charge is -2.22. The molecule has 0 heterocycles. The van der Waals surface area contributed by atoms with E-state index in [0.717, 1.165) is 0 Å². The standard InChI is InChI=1S/C20H23N3O4S/c1-3-22-28(25,26)19-12-6-16(7-13-19)20(24)23(15-5-14-21)17-8-10-18(11-9-17)27-4-2/h6-13,22H,3-5,15H2,1-2H3. The number of nitrogens with one attached hydrogen (secondary N) is 1. The van der Waals surface area contributed by atoms with Gasteiger partial charge >= 0.3 is 0 Å². The largest absolute Gasteiger partial charge is 0.494 e. The zero-order valence-electron chi connectivity index (χ0n) is 15.9. The first-order valence-electron chi connectivity index (χ1n) is 8.94. The number of nitriles is 1. The molecule has 2 aromatic carbocycles. The number of amides is 1. The van der Waals surface area contributed by atoms with Crippen LogP contribution in [0.25, 0.3) is 0 Å². The Morgan fingerprint density at radius 1 is 1.11 bits per heavy atom. The summed E-state index contributed by atoms with van der Waals surface area (Å²) in [5.41, 5.74) is 0.968. The molecule has 0 aliphatic heterocycles. The van der Waals surface area contributed by atoms with Crippen molar-refractivity contribution in [1.82, 2.24) is 4.72 Å². The molecule has 148 valence electrons. The van der Waals surface area contributed by atoms with Crippen molar-refractivity contribution >= 4 is 21.6 Å². The molecule has 0 aliphatic carbocycles. The maximum atomic E-state index is 13.0. The molecule has 7 nitrogen and oxygen atoms in total. The summed E-state index contributed by atoms with van der Waals surface area (Å²) in [6.07, 6.45) is 0.172. The summed E-state index contributed by atoms with van der Waals surface area (Å²) in [5, 5.41) is 8.92. The van der Waals surface area contributed by atoms with Gasteiger partial charge < -0.3 is 9.64 Å². The molecular weight excluding hydrogens is 378 g/mol. The molecule has 0 aromatic heterocycles. The van der Waals surface area contributed by atoms with Gasteiger partial charge in [0.2, 0.25) is 10.0 Å². The van der Waals surface area contributed by atoms with Gasteiger partial charge in [0, 0.05) is 24.3 Å². The van der Waals surface area contributed by atoms with Crippen LogP contribution in [0.2, 0.25) is 0 Å². The van der Waals surface area contributed by atoms with Crippen LogP contribution in [-0.2, 0) is 10.0 Å². The highest BCUT2D eigenvalue weighted by Gasteiger charge is 2.19. The summed E-state index contributed by atoms with van der Waals surface area (Å²) in [6.45, 7) is 4.62. The number of hydrogen-bond acceptors (Lipinski definition) is 5. The highest BCUT2D eigenvalue weighted by molar-refractivity contribution is 7.89. The van der Waals surface area contributed by atoms with Crippen LogP contribution in [0.3, 0.4) is 0 Å². The Morgan fingerprint density at radius 3 is 2.29 bits per heavy atom. The van der Waals surface area contributed by atoms with Crippen molar-refractivity contribution in [3.63, 3.8) is 0 Å². The van der Waals surface area contributed by atoms with E-state index in [1.807, 2.05) is 13.0 Å². The van der Waals surface area contributed by atoms with Crippen molar-refractivity contribution in [3.05, 3.63) is 54.1 Å². The Labute approximate surface area is 165 Å². The van der Waals surface area contributed by atoms with Crippen LogP contribution in [0.4, 0.5) is 5.69 Å². The maximum Gasteiger partial charge on any atom is 0.258 e. The normalized spacial score (nSPS) is 10.9. The van der Waals surface area contributed by atoms with E-state index >= 15 is 0 Å². The summed E-state index contributed by atoms with van der Waals surface area (Å²) < 4.78 is 31.9. The van der Waals surface area contributed by atoms with Gasteiger partial charge in [0.1, 0.15) is 5.75 Å². The molecular formula is C20H23N3O4S. The number of nitrogens with zero attached hydrogens (tertiary/aromatic N) is 2. The van der Waals surface area contributed by atoms with Crippen molar-refractivity contribution in [2.24, 2.45) is 0 Å². The van der Waals surface area contributed by atoms with Crippen LogP contribution in [0, 0.1) is 11.3 Å². The minimum atomic E-state index is -3.58. The van der Waals surface area contributed by atoms with E-state index in [4.69, 9.17) is 10.00 Å². The highest BCUT2D eigenvalue weighted by Crippen LogP contribution is 2.22. The fourth-order valence-electron chi connectivity index (χ4n) is 2.60. The smallest absolute Gasteiger partial charge is 0.258 e. The SMILES string of the molecule is CCNS(=O)(=O)c1ccc(C(=O)N(CCC#N)c2ccc(OCC)cc2)cc1. The van der Waals surface area contributed by atoms with Crippen molar-refractivity contribution in [2.45, 2.75) is 25.2 Å². The van der Waals surface area contributed by atoms with Crippen molar-refractivity contribution in [3.8, 4) is 11.8 Å². The molecule has 2 aromatic rings. The lowest BCUT2D eigenvalue weighted by Crippen LogP contribution is -2.32. The predicted octanol–water partition coefficient (Wildman–Crippen LogP) is 2.94. The molecule has 0 atom stereocenters. The van der Waals surface area contributed by atoms with Gasteiger partial charge in [-0.05, 0) is 55.5 Å². The molecule has 1 N–H and O–H groups in total. The predicted molar refractivity (Wildman–Crippen MR) is 107 cm³/mol. The van der Waals surface area contributed by atoms with Crippen LogP contribution in [0.5, 0.6) is 5.75 Å². The third-order valence-corrected chi connectivity index (χ3v) is 5.46. The Kier molecular flexibility index (Phi) is 7.55. The van der Waals surface area contributed by atoms with E-state index in [0.29, 0.717) is 23.6 Å². The van der Waals surface area contributed by atoms with Gasteiger partial charge in [-0.2, -0.15) is 5.26 Å². The van der Waals surface area contributed by atoms with Gasteiger partial charge in [-0.1, -0.05) is 6.92 Å². The third kappa shape index (κ3) is 5.31. The van der Waals surface area contributed by atoms with Gasteiger partial charge in [-0.15, -0.1) is 0 Å². The molecule has 0 spiro atoms. The first-order valence-corrected chi connectivity index (χ1v) is 10.4. The molecule has 2 rings (SSSR count). The zero-order valence-corrected chi connectivity index (χ0v) is 16.7.